The van der Waals surface area contributed by atoms with Crippen LogP contribution in [0, 0.1) is 0 Å². The third kappa shape index (κ3) is 1.71. The molecule has 2 heterocycles. The molecular weight excluding hydrogens is 300 g/mol. The number of pyridine rings is 1. The Bertz CT molecular complexity index is 1050. The van der Waals surface area contributed by atoms with Crippen molar-refractivity contribution in [2.75, 3.05) is 7.11 Å². The number of aromatic nitrogens is 2. The van der Waals surface area contributed by atoms with E-state index in [9.17, 15) is 4.79 Å². The van der Waals surface area contributed by atoms with E-state index >= 15 is 0 Å². The molecule has 0 amide bonds. The Kier molecular flexibility index (Phi) is 2.81. The zero-order chi connectivity index (χ0) is 15.3. The molecule has 0 spiro atoms. The molecule has 108 valence electrons. The second-order valence-corrected chi connectivity index (χ2v) is 5.40. The van der Waals surface area contributed by atoms with Crippen molar-refractivity contribution >= 4 is 50.1 Å². The average Bonchev–Trinajstić information content (AvgIpc) is 2.93. The summed E-state index contributed by atoms with van der Waals surface area (Å²) in [4.78, 5) is 19.6. The third-order valence-corrected chi connectivity index (χ3v) is 4.15. The number of hydrogen-bond acceptors (Lipinski definition) is 3. The fourth-order valence-corrected chi connectivity index (χ4v) is 3.15. The lowest BCUT2D eigenvalue weighted by molar-refractivity contribution is 0.0603. The molecule has 0 aliphatic carbocycles. The van der Waals surface area contributed by atoms with Gasteiger partial charge < -0.3 is 9.72 Å². The van der Waals surface area contributed by atoms with Crippen LogP contribution in [0.3, 0.4) is 0 Å². The van der Waals surface area contributed by atoms with Crippen LogP contribution in [0.2, 0.25) is 5.15 Å². The molecule has 1 N–H and O–H groups in total. The normalized spacial score (nSPS) is 11.4. The van der Waals surface area contributed by atoms with Crippen LogP contribution in [0.5, 0.6) is 0 Å². The molecule has 0 radical (unpaired) electrons. The summed E-state index contributed by atoms with van der Waals surface area (Å²) in [5.41, 5.74) is 1.90. The molecule has 2 aromatic heterocycles. The van der Waals surface area contributed by atoms with Gasteiger partial charge in [0.25, 0.3) is 0 Å². The summed E-state index contributed by atoms with van der Waals surface area (Å²) in [6.07, 6.45) is 1.80. The summed E-state index contributed by atoms with van der Waals surface area (Å²) in [6.45, 7) is 0. The predicted molar refractivity (Wildman–Crippen MR) is 87.5 cm³/mol. The van der Waals surface area contributed by atoms with Crippen molar-refractivity contribution in [2.24, 2.45) is 0 Å². The first-order chi connectivity index (χ1) is 10.7. The van der Waals surface area contributed by atoms with Crippen molar-refractivity contribution in [3.8, 4) is 0 Å². The first-order valence-corrected chi connectivity index (χ1v) is 7.15. The zero-order valence-corrected chi connectivity index (χ0v) is 12.4. The number of methoxy groups -OCH3 is 1. The van der Waals surface area contributed by atoms with Crippen molar-refractivity contribution in [1.82, 2.24) is 9.97 Å². The highest BCUT2D eigenvalue weighted by Crippen LogP contribution is 2.36. The van der Waals surface area contributed by atoms with Gasteiger partial charge in [-0.15, -0.1) is 0 Å². The van der Waals surface area contributed by atoms with E-state index in [1.165, 1.54) is 7.11 Å². The largest absolute Gasteiger partial charge is 0.465 e. The van der Waals surface area contributed by atoms with Gasteiger partial charge in [-0.25, -0.2) is 9.78 Å². The highest BCUT2D eigenvalue weighted by molar-refractivity contribution is 6.38. The second kappa shape index (κ2) is 4.71. The Hall–Kier alpha value is -2.59. The van der Waals surface area contributed by atoms with E-state index in [0.29, 0.717) is 16.2 Å². The minimum atomic E-state index is -0.393. The van der Waals surface area contributed by atoms with Gasteiger partial charge in [-0.3, -0.25) is 0 Å². The number of nitrogens with zero attached hydrogens (tertiary/aromatic N) is 1. The molecule has 22 heavy (non-hydrogen) atoms. The number of nitrogens with one attached hydrogen (secondary N) is 1. The van der Waals surface area contributed by atoms with E-state index in [-0.39, 0.29) is 0 Å². The van der Waals surface area contributed by atoms with Crippen LogP contribution in [0.15, 0.2) is 42.6 Å². The summed E-state index contributed by atoms with van der Waals surface area (Å²) in [7, 11) is 1.37. The van der Waals surface area contributed by atoms with Crippen LogP contribution in [-0.2, 0) is 4.74 Å². The molecular formula is C17H11ClN2O2. The molecule has 0 aliphatic heterocycles. The standard InChI is InChI=1S/C17H11ClN2O2/c1-22-17(21)11-4-2-3-10-14-12(20-15(10)11)6-5-9-7-8-19-16(18)13(9)14/h2-8,19H,1H3. The molecule has 5 heteroatoms. The summed E-state index contributed by atoms with van der Waals surface area (Å²) in [5.74, 6) is -0.393. The fraction of sp³-hybridized carbons (Fsp3) is 0.0588. The first-order valence-electron chi connectivity index (χ1n) is 6.77. The minimum absolute atomic E-state index is 0.393. The number of esters is 1. The maximum absolute atomic E-state index is 11.9. The lowest BCUT2D eigenvalue weighted by Gasteiger charge is -2.03. The van der Waals surface area contributed by atoms with Gasteiger partial charge in [-0.1, -0.05) is 29.8 Å². The fourth-order valence-electron chi connectivity index (χ4n) is 2.89. The van der Waals surface area contributed by atoms with Crippen LogP contribution in [-0.4, -0.2) is 23.0 Å². The highest BCUT2D eigenvalue weighted by atomic mass is 35.5. The Morgan fingerprint density at radius 3 is 2.86 bits per heavy atom. The average molecular weight is 311 g/mol. The van der Waals surface area contributed by atoms with Gasteiger partial charge in [0.1, 0.15) is 5.15 Å². The molecule has 0 aliphatic rings. The quantitative estimate of drug-likeness (QED) is 0.421. The van der Waals surface area contributed by atoms with Crippen LogP contribution in [0.25, 0.3) is 32.6 Å². The van der Waals surface area contributed by atoms with Crippen molar-refractivity contribution in [1.29, 1.82) is 0 Å². The van der Waals surface area contributed by atoms with Crippen LogP contribution >= 0.6 is 11.6 Å². The predicted octanol–water partition coefficient (Wildman–Crippen LogP) is 4.31. The number of ether oxygens (including phenoxy) is 1. The van der Waals surface area contributed by atoms with E-state index < -0.39 is 5.97 Å². The number of carbonyl (C=O) groups excluding carboxylic acids is 1. The minimum Gasteiger partial charge on any atom is -0.465 e. The number of aromatic amines is 1. The molecule has 0 bridgehead atoms. The molecule has 4 nitrogen and oxygen atoms in total. The molecule has 2 aromatic carbocycles. The van der Waals surface area contributed by atoms with E-state index in [1.807, 2.05) is 30.3 Å². The number of benzene rings is 2. The molecule has 4 rings (SSSR count). The third-order valence-electron chi connectivity index (χ3n) is 3.85. The lowest BCUT2D eigenvalue weighted by Crippen LogP contribution is -2.01. The maximum Gasteiger partial charge on any atom is 0.340 e. The number of halogens is 1. The summed E-state index contributed by atoms with van der Waals surface area (Å²) >= 11 is 6.35. The van der Waals surface area contributed by atoms with Crippen LogP contribution in [0.4, 0.5) is 0 Å². The van der Waals surface area contributed by atoms with Gasteiger partial charge in [-0.05, 0) is 23.6 Å². The SMILES string of the molecule is COC(=O)c1cccc2c1nc1ccc3cc[nH]c(Cl)c3c12. The number of hydrogen-bond donors (Lipinski definition) is 1. The molecule has 0 fully saturated rings. The monoisotopic (exact) mass is 310 g/mol. The number of carbonyl (C=O) groups is 1. The number of rotatable bonds is 1. The van der Waals surface area contributed by atoms with E-state index in [2.05, 4.69) is 9.97 Å². The highest BCUT2D eigenvalue weighted by Gasteiger charge is 2.17. The Labute approximate surface area is 130 Å². The first kappa shape index (κ1) is 13.1. The van der Waals surface area contributed by atoms with Crippen LogP contribution < -0.4 is 0 Å². The maximum atomic E-state index is 11.9. The van der Waals surface area contributed by atoms with Gasteiger partial charge >= 0.3 is 5.97 Å². The molecule has 4 aromatic rings. The molecule has 0 atom stereocenters. The zero-order valence-electron chi connectivity index (χ0n) is 11.7. The van der Waals surface area contributed by atoms with Gasteiger partial charge in [0, 0.05) is 22.4 Å². The molecule has 0 saturated carbocycles. The Morgan fingerprint density at radius 2 is 2.05 bits per heavy atom. The van der Waals surface area contributed by atoms with Crippen LogP contribution in [0.1, 0.15) is 10.4 Å². The van der Waals surface area contributed by atoms with Crippen molar-refractivity contribution in [3.05, 3.63) is 53.3 Å². The summed E-state index contributed by atoms with van der Waals surface area (Å²) in [6, 6.07) is 11.4. The molecule has 0 unspecified atom stereocenters. The van der Waals surface area contributed by atoms with E-state index in [1.54, 1.807) is 12.3 Å². The van der Waals surface area contributed by atoms with Crippen molar-refractivity contribution < 1.29 is 9.53 Å². The van der Waals surface area contributed by atoms with E-state index in [0.717, 1.165) is 27.1 Å². The smallest absolute Gasteiger partial charge is 0.340 e. The number of fused-ring (bicyclic) bond motifs is 5. The van der Waals surface area contributed by atoms with Gasteiger partial charge in [0.05, 0.1) is 23.7 Å². The van der Waals surface area contributed by atoms with Gasteiger partial charge in [0.15, 0.2) is 0 Å². The topological polar surface area (TPSA) is 55.0 Å². The van der Waals surface area contributed by atoms with Gasteiger partial charge in [0.2, 0.25) is 0 Å². The van der Waals surface area contributed by atoms with Gasteiger partial charge in [-0.2, -0.15) is 0 Å². The second-order valence-electron chi connectivity index (χ2n) is 5.02. The Morgan fingerprint density at radius 1 is 1.18 bits per heavy atom. The van der Waals surface area contributed by atoms with Crippen molar-refractivity contribution in [3.63, 3.8) is 0 Å². The number of para-hydroxylation sites is 1. The number of H-pyrrole nitrogens is 1. The Balaban J connectivity index is 2.25. The van der Waals surface area contributed by atoms with E-state index in [4.69, 9.17) is 16.3 Å². The summed E-state index contributed by atoms with van der Waals surface area (Å²) < 4.78 is 4.84. The molecule has 0 saturated heterocycles. The van der Waals surface area contributed by atoms with Crippen molar-refractivity contribution in [2.45, 2.75) is 0 Å². The summed E-state index contributed by atoms with van der Waals surface area (Å²) in [5, 5.41) is 4.33. The lowest BCUT2D eigenvalue weighted by atomic mass is 10.0.